The Morgan fingerprint density at radius 2 is 2.06 bits per heavy atom. The van der Waals surface area contributed by atoms with Crippen molar-refractivity contribution in [2.45, 2.75) is 26.8 Å². The molecule has 0 fully saturated rings. The second-order valence-corrected chi connectivity index (χ2v) is 4.22. The van der Waals surface area contributed by atoms with Gasteiger partial charge in [0.1, 0.15) is 5.82 Å². The molecule has 0 aliphatic rings. The third-order valence-corrected chi connectivity index (χ3v) is 2.69. The maximum atomic E-state index is 13.5. The molecule has 2 N–H and O–H groups in total. The van der Waals surface area contributed by atoms with Gasteiger partial charge in [-0.3, -0.25) is 4.90 Å². The molecule has 0 aliphatic carbocycles. The van der Waals surface area contributed by atoms with Crippen molar-refractivity contribution in [2.75, 3.05) is 19.6 Å². The van der Waals surface area contributed by atoms with E-state index in [2.05, 4.69) is 30.6 Å². The first-order valence-electron chi connectivity index (χ1n) is 6.40. The maximum absolute atomic E-state index is 13.5. The molecule has 0 spiro atoms. The van der Waals surface area contributed by atoms with E-state index in [1.165, 1.54) is 6.07 Å². The van der Waals surface area contributed by atoms with Gasteiger partial charge < -0.3 is 5.73 Å². The van der Waals surface area contributed by atoms with E-state index in [1.807, 2.05) is 6.07 Å². The Balaban J connectivity index is 2.84. The Bertz CT molecular complexity index is 432. The van der Waals surface area contributed by atoms with E-state index in [1.54, 1.807) is 6.07 Å². The van der Waals surface area contributed by atoms with Crippen molar-refractivity contribution in [3.8, 4) is 11.8 Å². The Hall–Kier alpha value is -1.37. The number of halogens is 1. The van der Waals surface area contributed by atoms with Gasteiger partial charge in [-0.1, -0.05) is 25.7 Å². The number of benzene rings is 1. The number of nitrogens with two attached hydrogens (primary N) is 1. The SMILES string of the molecule is CCCN(CC)Cc1cc(F)cc(C#CCN)c1. The fourth-order valence-corrected chi connectivity index (χ4v) is 1.89. The maximum Gasteiger partial charge on any atom is 0.124 e. The summed E-state index contributed by atoms with van der Waals surface area (Å²) in [7, 11) is 0. The van der Waals surface area contributed by atoms with E-state index in [9.17, 15) is 4.39 Å². The number of nitrogens with zero attached hydrogens (tertiary/aromatic N) is 1. The Morgan fingerprint density at radius 3 is 2.67 bits per heavy atom. The van der Waals surface area contributed by atoms with Gasteiger partial charge in [0.05, 0.1) is 6.54 Å². The van der Waals surface area contributed by atoms with Crippen LogP contribution in [0.5, 0.6) is 0 Å². The predicted molar refractivity (Wildman–Crippen MR) is 73.6 cm³/mol. The van der Waals surface area contributed by atoms with Gasteiger partial charge >= 0.3 is 0 Å². The van der Waals surface area contributed by atoms with Gasteiger partial charge in [-0.05, 0) is 43.3 Å². The first-order chi connectivity index (χ1) is 8.69. The molecule has 2 nitrogen and oxygen atoms in total. The molecule has 18 heavy (non-hydrogen) atoms. The second-order valence-electron chi connectivity index (χ2n) is 4.22. The van der Waals surface area contributed by atoms with Gasteiger partial charge in [-0.2, -0.15) is 0 Å². The summed E-state index contributed by atoms with van der Waals surface area (Å²) in [6.07, 6.45) is 1.10. The third-order valence-electron chi connectivity index (χ3n) is 2.69. The topological polar surface area (TPSA) is 29.3 Å². The van der Waals surface area contributed by atoms with Crippen LogP contribution in [0.2, 0.25) is 0 Å². The van der Waals surface area contributed by atoms with Crippen molar-refractivity contribution in [2.24, 2.45) is 5.73 Å². The zero-order chi connectivity index (χ0) is 13.4. The molecule has 0 aliphatic heterocycles. The van der Waals surface area contributed by atoms with Crippen LogP contribution in [-0.2, 0) is 6.54 Å². The van der Waals surface area contributed by atoms with Crippen LogP contribution in [0.1, 0.15) is 31.4 Å². The minimum absolute atomic E-state index is 0.235. The summed E-state index contributed by atoms with van der Waals surface area (Å²) in [6.45, 7) is 7.31. The molecule has 0 radical (unpaired) electrons. The van der Waals surface area contributed by atoms with Crippen molar-refractivity contribution in [1.82, 2.24) is 4.90 Å². The summed E-state index contributed by atoms with van der Waals surface area (Å²) in [5.74, 6) is 5.39. The lowest BCUT2D eigenvalue weighted by molar-refractivity contribution is 0.280. The molecule has 0 bridgehead atoms. The fraction of sp³-hybridized carbons (Fsp3) is 0.467. The lowest BCUT2D eigenvalue weighted by Gasteiger charge is -2.19. The van der Waals surface area contributed by atoms with Crippen molar-refractivity contribution < 1.29 is 4.39 Å². The number of rotatable bonds is 5. The zero-order valence-corrected chi connectivity index (χ0v) is 11.2. The highest BCUT2D eigenvalue weighted by molar-refractivity contribution is 5.38. The van der Waals surface area contributed by atoms with E-state index in [4.69, 9.17) is 5.73 Å². The van der Waals surface area contributed by atoms with E-state index < -0.39 is 0 Å². The molecule has 0 saturated heterocycles. The van der Waals surface area contributed by atoms with Gasteiger partial charge in [0.25, 0.3) is 0 Å². The van der Waals surface area contributed by atoms with Gasteiger partial charge in [0, 0.05) is 12.1 Å². The summed E-state index contributed by atoms with van der Waals surface area (Å²) in [5.41, 5.74) is 6.98. The zero-order valence-electron chi connectivity index (χ0n) is 11.2. The average Bonchev–Trinajstić information content (AvgIpc) is 2.35. The lowest BCUT2D eigenvalue weighted by Crippen LogP contribution is -2.23. The summed E-state index contributed by atoms with van der Waals surface area (Å²) in [6, 6.07) is 4.96. The summed E-state index contributed by atoms with van der Waals surface area (Å²) < 4.78 is 13.5. The molecule has 0 aromatic heterocycles. The molecule has 0 heterocycles. The Labute approximate surface area is 109 Å². The van der Waals surface area contributed by atoms with Crippen LogP contribution in [-0.4, -0.2) is 24.5 Å². The van der Waals surface area contributed by atoms with E-state index >= 15 is 0 Å². The van der Waals surface area contributed by atoms with Crippen molar-refractivity contribution in [3.63, 3.8) is 0 Å². The van der Waals surface area contributed by atoms with E-state index in [-0.39, 0.29) is 5.82 Å². The molecular weight excluding hydrogens is 227 g/mol. The number of hydrogen-bond donors (Lipinski definition) is 1. The largest absolute Gasteiger partial charge is 0.320 e. The normalized spacial score (nSPS) is 10.3. The van der Waals surface area contributed by atoms with E-state index in [0.717, 1.165) is 31.6 Å². The van der Waals surface area contributed by atoms with Crippen LogP contribution >= 0.6 is 0 Å². The standard InChI is InChI=1S/C15H21FN2/c1-3-8-18(4-2)12-14-9-13(6-5-7-17)10-15(16)11-14/h9-11H,3-4,7-8,12,17H2,1-2H3. The molecule has 0 amide bonds. The third kappa shape index (κ3) is 4.87. The Morgan fingerprint density at radius 1 is 1.28 bits per heavy atom. The average molecular weight is 248 g/mol. The quantitative estimate of drug-likeness (QED) is 0.811. The highest BCUT2D eigenvalue weighted by Gasteiger charge is 2.05. The van der Waals surface area contributed by atoms with Gasteiger partial charge in [-0.25, -0.2) is 4.39 Å². The molecule has 1 aromatic rings. The highest BCUT2D eigenvalue weighted by atomic mass is 19.1. The van der Waals surface area contributed by atoms with Crippen LogP contribution in [0.25, 0.3) is 0 Å². The molecule has 1 rings (SSSR count). The van der Waals surface area contributed by atoms with Crippen LogP contribution < -0.4 is 5.73 Å². The van der Waals surface area contributed by atoms with Crippen LogP contribution in [0.3, 0.4) is 0 Å². The summed E-state index contributed by atoms with van der Waals surface area (Å²) in [4.78, 5) is 2.29. The monoisotopic (exact) mass is 248 g/mol. The first kappa shape index (κ1) is 14.7. The smallest absolute Gasteiger partial charge is 0.124 e. The van der Waals surface area contributed by atoms with Gasteiger partial charge in [0.2, 0.25) is 0 Å². The molecule has 0 atom stereocenters. The molecular formula is C15H21FN2. The van der Waals surface area contributed by atoms with Crippen LogP contribution in [0, 0.1) is 17.7 Å². The molecule has 1 aromatic carbocycles. The van der Waals surface area contributed by atoms with Gasteiger partial charge in [0.15, 0.2) is 0 Å². The minimum Gasteiger partial charge on any atom is -0.320 e. The summed E-state index contributed by atoms with van der Waals surface area (Å²) in [5, 5.41) is 0. The minimum atomic E-state index is -0.235. The predicted octanol–water partition coefficient (Wildman–Crippen LogP) is 2.37. The number of hydrogen-bond acceptors (Lipinski definition) is 2. The second kappa shape index (κ2) is 7.86. The molecule has 3 heteroatoms. The van der Waals surface area contributed by atoms with E-state index in [0.29, 0.717) is 12.1 Å². The van der Waals surface area contributed by atoms with Crippen molar-refractivity contribution >= 4 is 0 Å². The Kier molecular flexibility index (Phi) is 6.42. The van der Waals surface area contributed by atoms with Crippen molar-refractivity contribution in [3.05, 3.63) is 35.1 Å². The van der Waals surface area contributed by atoms with Crippen molar-refractivity contribution in [1.29, 1.82) is 0 Å². The molecule has 0 unspecified atom stereocenters. The lowest BCUT2D eigenvalue weighted by atomic mass is 10.1. The van der Waals surface area contributed by atoms with Gasteiger partial charge in [-0.15, -0.1) is 0 Å². The first-order valence-corrected chi connectivity index (χ1v) is 6.40. The summed E-state index contributed by atoms with van der Waals surface area (Å²) >= 11 is 0. The fourth-order valence-electron chi connectivity index (χ4n) is 1.89. The molecule has 98 valence electrons. The molecule has 0 saturated carbocycles. The van der Waals surface area contributed by atoms with Crippen LogP contribution in [0.4, 0.5) is 4.39 Å². The highest BCUT2D eigenvalue weighted by Crippen LogP contribution is 2.11. The van der Waals surface area contributed by atoms with Crippen LogP contribution in [0.15, 0.2) is 18.2 Å².